The molecular weight excluding hydrogens is 266 g/mol. The number of carbonyl (C=O) groups excluding carboxylic acids is 2. The number of nitrogens with two attached hydrogens (primary N) is 1. The van der Waals surface area contributed by atoms with Crippen molar-refractivity contribution < 1.29 is 9.59 Å². The second-order valence-corrected chi connectivity index (χ2v) is 6.25. The summed E-state index contributed by atoms with van der Waals surface area (Å²) < 4.78 is 0. The minimum Gasteiger partial charge on any atom is -0.356 e. The Hall–Kier alpha value is -0.810. The first-order valence-corrected chi connectivity index (χ1v) is 6.38. The maximum atomic E-state index is 11.6. The van der Waals surface area contributed by atoms with E-state index in [9.17, 15) is 9.59 Å². The van der Waals surface area contributed by atoms with Crippen LogP contribution in [0, 0.1) is 5.41 Å². The molecule has 0 rings (SSSR count). The lowest BCUT2D eigenvalue weighted by molar-refractivity contribution is -0.129. The predicted octanol–water partition coefficient (Wildman–Crippen LogP) is 1.20. The van der Waals surface area contributed by atoms with Crippen LogP contribution in [-0.2, 0) is 9.59 Å². The molecule has 0 aromatic heterocycles. The summed E-state index contributed by atoms with van der Waals surface area (Å²) in [5.74, 6) is -0.0272. The number of amides is 2. The molecule has 5 nitrogen and oxygen atoms in total. The van der Waals surface area contributed by atoms with Gasteiger partial charge in [-0.3, -0.25) is 9.59 Å². The Morgan fingerprint density at radius 3 is 2.05 bits per heavy atom. The van der Waals surface area contributed by atoms with Gasteiger partial charge in [-0.2, -0.15) is 0 Å². The Morgan fingerprint density at radius 2 is 1.63 bits per heavy atom. The van der Waals surface area contributed by atoms with Crippen LogP contribution in [0.3, 0.4) is 0 Å². The SMILES string of the molecule is CC(C)(CN)NC(=O)CCCNC(=O)C(C)(C)C.Cl. The molecule has 0 aliphatic heterocycles. The molecule has 0 aromatic rings. The minimum absolute atomic E-state index is 0. The van der Waals surface area contributed by atoms with E-state index in [4.69, 9.17) is 5.73 Å². The molecule has 19 heavy (non-hydrogen) atoms. The summed E-state index contributed by atoms with van der Waals surface area (Å²) in [4.78, 5) is 23.1. The lowest BCUT2D eigenvalue weighted by Gasteiger charge is -2.24. The van der Waals surface area contributed by atoms with Crippen LogP contribution in [0.25, 0.3) is 0 Å². The average molecular weight is 294 g/mol. The zero-order valence-corrected chi connectivity index (χ0v) is 13.4. The molecule has 0 spiro atoms. The van der Waals surface area contributed by atoms with Gasteiger partial charge >= 0.3 is 0 Å². The fourth-order valence-corrected chi connectivity index (χ4v) is 1.21. The normalized spacial score (nSPS) is 11.5. The summed E-state index contributed by atoms with van der Waals surface area (Å²) in [5, 5.41) is 5.66. The van der Waals surface area contributed by atoms with E-state index in [2.05, 4.69) is 10.6 Å². The number of rotatable bonds is 6. The summed E-state index contributed by atoms with van der Waals surface area (Å²) in [7, 11) is 0. The van der Waals surface area contributed by atoms with Crippen molar-refractivity contribution in [3.63, 3.8) is 0 Å². The molecule has 0 atom stereocenters. The highest BCUT2D eigenvalue weighted by Crippen LogP contribution is 2.12. The van der Waals surface area contributed by atoms with Crippen LogP contribution < -0.4 is 16.4 Å². The third kappa shape index (κ3) is 9.73. The molecule has 6 heteroatoms. The van der Waals surface area contributed by atoms with Crippen molar-refractivity contribution in [1.82, 2.24) is 10.6 Å². The zero-order valence-electron chi connectivity index (χ0n) is 12.6. The summed E-state index contributed by atoms with van der Waals surface area (Å²) in [6, 6.07) is 0. The van der Waals surface area contributed by atoms with Gasteiger partial charge in [0.2, 0.25) is 11.8 Å². The van der Waals surface area contributed by atoms with E-state index in [0.29, 0.717) is 25.9 Å². The quantitative estimate of drug-likeness (QED) is 0.644. The van der Waals surface area contributed by atoms with E-state index in [0.717, 1.165) is 0 Å². The predicted molar refractivity (Wildman–Crippen MR) is 80.2 cm³/mol. The third-order valence-corrected chi connectivity index (χ3v) is 2.54. The van der Waals surface area contributed by atoms with Crippen molar-refractivity contribution in [3.05, 3.63) is 0 Å². The van der Waals surface area contributed by atoms with Crippen LogP contribution in [0.4, 0.5) is 0 Å². The van der Waals surface area contributed by atoms with Gasteiger partial charge in [-0.25, -0.2) is 0 Å². The molecule has 0 fully saturated rings. The molecule has 0 radical (unpaired) electrons. The minimum atomic E-state index is -0.385. The van der Waals surface area contributed by atoms with Crippen LogP contribution in [0.5, 0.6) is 0 Å². The van der Waals surface area contributed by atoms with E-state index < -0.39 is 0 Å². The lowest BCUT2D eigenvalue weighted by Crippen LogP contribution is -2.48. The zero-order chi connectivity index (χ0) is 14.4. The van der Waals surface area contributed by atoms with Crippen molar-refractivity contribution in [1.29, 1.82) is 0 Å². The molecule has 0 aromatic carbocycles. The van der Waals surface area contributed by atoms with Crippen LogP contribution in [0.1, 0.15) is 47.5 Å². The van der Waals surface area contributed by atoms with Crippen molar-refractivity contribution in [2.75, 3.05) is 13.1 Å². The number of nitrogens with one attached hydrogen (secondary N) is 2. The van der Waals surface area contributed by atoms with E-state index in [1.54, 1.807) is 0 Å². The first kappa shape index (κ1) is 20.5. The number of carbonyl (C=O) groups is 2. The Morgan fingerprint density at radius 1 is 1.11 bits per heavy atom. The van der Waals surface area contributed by atoms with Gasteiger partial charge < -0.3 is 16.4 Å². The van der Waals surface area contributed by atoms with E-state index in [1.807, 2.05) is 34.6 Å². The second kappa shape index (κ2) is 8.38. The van der Waals surface area contributed by atoms with Crippen LogP contribution in [0.2, 0.25) is 0 Å². The van der Waals surface area contributed by atoms with Gasteiger partial charge in [0.05, 0.1) is 0 Å². The third-order valence-electron chi connectivity index (χ3n) is 2.54. The van der Waals surface area contributed by atoms with Crippen molar-refractivity contribution in [2.45, 2.75) is 53.0 Å². The number of halogens is 1. The maximum absolute atomic E-state index is 11.6. The van der Waals surface area contributed by atoms with Crippen LogP contribution in [0.15, 0.2) is 0 Å². The van der Waals surface area contributed by atoms with Gasteiger partial charge in [0, 0.05) is 30.5 Å². The van der Waals surface area contributed by atoms with E-state index >= 15 is 0 Å². The van der Waals surface area contributed by atoms with Crippen molar-refractivity contribution in [3.8, 4) is 0 Å². The maximum Gasteiger partial charge on any atom is 0.225 e. The molecule has 0 saturated heterocycles. The summed E-state index contributed by atoms with van der Waals surface area (Å²) in [5.41, 5.74) is 4.77. The molecule has 2 amide bonds. The summed E-state index contributed by atoms with van der Waals surface area (Å²) in [6.45, 7) is 10.3. The second-order valence-electron chi connectivity index (χ2n) is 6.25. The van der Waals surface area contributed by atoms with Gasteiger partial charge in [-0.15, -0.1) is 12.4 Å². The fraction of sp³-hybridized carbons (Fsp3) is 0.846. The topological polar surface area (TPSA) is 84.2 Å². The summed E-state index contributed by atoms with van der Waals surface area (Å²) in [6.07, 6.45) is 1.03. The van der Waals surface area contributed by atoms with Crippen LogP contribution >= 0.6 is 12.4 Å². The van der Waals surface area contributed by atoms with Crippen molar-refractivity contribution >= 4 is 24.2 Å². The standard InChI is InChI=1S/C13H27N3O2.ClH/c1-12(2,3)11(18)15-8-6-7-10(17)16-13(4,5)9-14;/h6-9,14H2,1-5H3,(H,15,18)(H,16,17);1H. The molecule has 0 unspecified atom stereocenters. The average Bonchev–Trinajstić information content (AvgIpc) is 2.22. The highest BCUT2D eigenvalue weighted by atomic mass is 35.5. The van der Waals surface area contributed by atoms with Gasteiger partial charge in [0.25, 0.3) is 0 Å². The molecule has 0 heterocycles. The van der Waals surface area contributed by atoms with Gasteiger partial charge in [0.15, 0.2) is 0 Å². The van der Waals surface area contributed by atoms with Crippen LogP contribution in [-0.4, -0.2) is 30.4 Å². The Labute approximate surface area is 122 Å². The highest BCUT2D eigenvalue weighted by Gasteiger charge is 2.21. The van der Waals surface area contributed by atoms with E-state index in [1.165, 1.54) is 0 Å². The molecule has 4 N–H and O–H groups in total. The number of hydrogen-bond donors (Lipinski definition) is 3. The largest absolute Gasteiger partial charge is 0.356 e. The molecule has 0 bridgehead atoms. The van der Waals surface area contributed by atoms with Gasteiger partial charge in [-0.05, 0) is 20.3 Å². The first-order chi connectivity index (χ1) is 8.08. The van der Waals surface area contributed by atoms with Gasteiger partial charge in [0.1, 0.15) is 0 Å². The summed E-state index contributed by atoms with van der Waals surface area (Å²) >= 11 is 0. The molecular formula is C13H28ClN3O2. The Kier molecular flexibility index (Phi) is 9.04. The van der Waals surface area contributed by atoms with E-state index in [-0.39, 0.29) is 35.2 Å². The molecule has 114 valence electrons. The van der Waals surface area contributed by atoms with Gasteiger partial charge in [-0.1, -0.05) is 20.8 Å². The Bertz CT molecular complexity index is 299. The lowest BCUT2D eigenvalue weighted by atomic mass is 9.96. The van der Waals surface area contributed by atoms with Crippen molar-refractivity contribution in [2.24, 2.45) is 11.1 Å². The molecule has 0 saturated carbocycles. The molecule has 0 aliphatic carbocycles. The molecule has 0 aliphatic rings. The Balaban J connectivity index is 0. The fourth-order valence-electron chi connectivity index (χ4n) is 1.21. The number of hydrogen-bond acceptors (Lipinski definition) is 3. The highest BCUT2D eigenvalue weighted by molar-refractivity contribution is 5.85. The first-order valence-electron chi connectivity index (χ1n) is 6.38. The monoisotopic (exact) mass is 293 g/mol. The smallest absolute Gasteiger partial charge is 0.225 e.